The van der Waals surface area contributed by atoms with Gasteiger partial charge in [0.2, 0.25) is 5.91 Å². The van der Waals surface area contributed by atoms with Crippen molar-refractivity contribution in [3.8, 4) is 17.6 Å². The van der Waals surface area contributed by atoms with E-state index >= 15 is 0 Å². The zero-order valence-electron chi connectivity index (χ0n) is 21.4. The summed E-state index contributed by atoms with van der Waals surface area (Å²) in [5, 5.41) is 11.0. The molecule has 4 rings (SSSR count). The first-order valence-corrected chi connectivity index (χ1v) is 13.1. The second-order valence-electron chi connectivity index (χ2n) is 8.99. The Bertz CT molecular complexity index is 1300. The maximum Gasteiger partial charge on any atom is 0.250 e. The van der Waals surface area contributed by atoms with Gasteiger partial charge in [0.15, 0.2) is 0 Å². The molecule has 0 spiro atoms. The number of aryl methyl sites for hydroxylation is 1. The Kier molecular flexibility index (Phi) is 8.57. The molecule has 0 radical (unpaired) electrons. The molecule has 7 nitrogen and oxygen atoms in total. The number of ether oxygens (including phenoxy) is 2. The quantitative estimate of drug-likeness (QED) is 0.327. The highest BCUT2D eigenvalue weighted by Crippen LogP contribution is 2.34. The number of nitriles is 1. The monoisotopic (exact) mass is 562 g/mol. The lowest BCUT2D eigenvalue weighted by molar-refractivity contribution is -0.117. The molecule has 0 atom stereocenters. The number of halogens is 1. The topological polar surface area (TPSA) is 77.8 Å². The molecule has 0 aromatic heterocycles. The Morgan fingerprint density at radius 3 is 2.46 bits per heavy atom. The minimum Gasteiger partial charge on any atom is -0.497 e. The molecule has 0 bridgehead atoms. The number of amides is 1. The SMILES string of the molecule is COc1ccc(N(Nc2c(C)cccc2N2CCCCC2)C(=O)Cc2cc(OC)c(C#N)cc2Br)cc1. The highest BCUT2D eigenvalue weighted by atomic mass is 79.9. The number of para-hydroxylation sites is 1. The number of hydrogen-bond donors (Lipinski definition) is 1. The molecule has 0 saturated carbocycles. The molecule has 1 heterocycles. The van der Waals surface area contributed by atoms with Crippen LogP contribution in [0.15, 0.2) is 59.1 Å². The van der Waals surface area contributed by atoms with E-state index in [4.69, 9.17) is 9.47 Å². The molecule has 1 saturated heterocycles. The largest absolute Gasteiger partial charge is 0.497 e. The first-order chi connectivity index (χ1) is 17.9. The van der Waals surface area contributed by atoms with Crippen LogP contribution in [0.4, 0.5) is 17.1 Å². The van der Waals surface area contributed by atoms with Crippen LogP contribution in [0, 0.1) is 18.3 Å². The van der Waals surface area contributed by atoms with Gasteiger partial charge in [0.05, 0.1) is 43.3 Å². The van der Waals surface area contributed by atoms with Crippen molar-refractivity contribution in [1.29, 1.82) is 5.26 Å². The van der Waals surface area contributed by atoms with Crippen molar-refractivity contribution in [3.63, 3.8) is 0 Å². The minimum atomic E-state index is -0.162. The highest BCUT2D eigenvalue weighted by Gasteiger charge is 2.23. The van der Waals surface area contributed by atoms with Gasteiger partial charge in [-0.2, -0.15) is 5.26 Å². The first-order valence-electron chi connectivity index (χ1n) is 12.3. The van der Waals surface area contributed by atoms with Gasteiger partial charge in [0.1, 0.15) is 17.6 Å². The van der Waals surface area contributed by atoms with E-state index in [9.17, 15) is 10.1 Å². The summed E-state index contributed by atoms with van der Waals surface area (Å²) in [7, 11) is 3.13. The summed E-state index contributed by atoms with van der Waals surface area (Å²) in [6, 6.07) is 19.1. The Hall–Kier alpha value is -3.70. The van der Waals surface area contributed by atoms with Crippen LogP contribution >= 0.6 is 15.9 Å². The van der Waals surface area contributed by atoms with Crippen molar-refractivity contribution in [2.24, 2.45) is 0 Å². The van der Waals surface area contributed by atoms with Crippen molar-refractivity contribution in [3.05, 3.63) is 75.8 Å². The van der Waals surface area contributed by atoms with Crippen molar-refractivity contribution < 1.29 is 14.3 Å². The fourth-order valence-corrected chi connectivity index (χ4v) is 5.02. The third kappa shape index (κ3) is 6.00. The lowest BCUT2D eigenvalue weighted by Crippen LogP contribution is -2.39. The van der Waals surface area contributed by atoms with E-state index in [0.717, 1.165) is 48.4 Å². The average Bonchev–Trinajstić information content (AvgIpc) is 2.93. The number of hydrazine groups is 1. The molecule has 0 unspecified atom stereocenters. The lowest BCUT2D eigenvalue weighted by Gasteiger charge is -2.33. The van der Waals surface area contributed by atoms with Crippen LogP contribution in [0.1, 0.15) is 36.0 Å². The molecule has 192 valence electrons. The van der Waals surface area contributed by atoms with Gasteiger partial charge < -0.3 is 14.4 Å². The Morgan fingerprint density at radius 2 is 1.81 bits per heavy atom. The van der Waals surface area contributed by atoms with Gasteiger partial charge in [-0.25, -0.2) is 5.01 Å². The maximum atomic E-state index is 13.9. The molecule has 0 aliphatic carbocycles. The number of carbonyl (C=O) groups excluding carboxylic acids is 1. The van der Waals surface area contributed by atoms with E-state index in [1.807, 2.05) is 24.3 Å². The van der Waals surface area contributed by atoms with E-state index in [1.165, 1.54) is 13.5 Å². The molecule has 1 N–H and O–H groups in total. The van der Waals surface area contributed by atoms with E-state index in [0.29, 0.717) is 27.2 Å². The molecule has 1 aliphatic rings. The molecule has 8 heteroatoms. The van der Waals surface area contributed by atoms with Crippen molar-refractivity contribution in [1.82, 2.24) is 0 Å². The zero-order chi connectivity index (χ0) is 26.4. The molecule has 1 amide bonds. The molecule has 3 aromatic rings. The van der Waals surface area contributed by atoms with Crippen molar-refractivity contribution in [2.75, 3.05) is 42.6 Å². The number of rotatable bonds is 8. The van der Waals surface area contributed by atoms with Gasteiger partial charge in [-0.15, -0.1) is 0 Å². The number of nitrogens with one attached hydrogen (secondary N) is 1. The number of anilines is 3. The number of carbonyl (C=O) groups is 1. The fourth-order valence-electron chi connectivity index (χ4n) is 4.54. The van der Waals surface area contributed by atoms with E-state index in [1.54, 1.807) is 24.3 Å². The third-order valence-corrected chi connectivity index (χ3v) is 7.32. The fraction of sp³-hybridized carbons (Fsp3) is 0.310. The summed E-state index contributed by atoms with van der Waals surface area (Å²) in [6.45, 7) is 4.04. The third-order valence-electron chi connectivity index (χ3n) is 6.58. The number of benzene rings is 3. The van der Waals surface area contributed by atoms with Crippen LogP contribution < -0.4 is 24.8 Å². The van der Waals surface area contributed by atoms with Crippen LogP contribution in [0.2, 0.25) is 0 Å². The Balaban J connectivity index is 1.71. The van der Waals surface area contributed by atoms with Crippen LogP contribution in [-0.4, -0.2) is 33.2 Å². The van der Waals surface area contributed by atoms with Gasteiger partial charge in [-0.05, 0) is 79.8 Å². The summed E-state index contributed by atoms with van der Waals surface area (Å²) in [4.78, 5) is 16.3. The standard InChI is InChI=1S/C29H31BrN4O3/c1-20-8-7-9-26(33-14-5-4-6-15-33)29(20)32-34(23-10-12-24(36-2)13-11-23)28(35)18-21-17-27(37-3)22(19-31)16-25(21)30/h7-13,16-17,32H,4-6,14-15,18H2,1-3H3. The van der Waals surface area contributed by atoms with Crippen molar-refractivity contribution >= 4 is 38.9 Å². The Labute approximate surface area is 226 Å². The first kappa shape index (κ1) is 26.4. The Morgan fingerprint density at radius 1 is 1.08 bits per heavy atom. The minimum absolute atomic E-state index is 0.0899. The second-order valence-corrected chi connectivity index (χ2v) is 9.84. The van der Waals surface area contributed by atoms with E-state index < -0.39 is 0 Å². The summed E-state index contributed by atoms with van der Waals surface area (Å²) < 4.78 is 11.4. The summed E-state index contributed by atoms with van der Waals surface area (Å²) in [6.07, 6.45) is 3.64. The molecule has 37 heavy (non-hydrogen) atoms. The summed E-state index contributed by atoms with van der Waals surface area (Å²) in [5.41, 5.74) is 8.33. The maximum absolute atomic E-state index is 13.9. The van der Waals surface area contributed by atoms with Gasteiger partial charge >= 0.3 is 0 Å². The van der Waals surface area contributed by atoms with Crippen LogP contribution in [-0.2, 0) is 11.2 Å². The highest BCUT2D eigenvalue weighted by molar-refractivity contribution is 9.10. The van der Waals surface area contributed by atoms with Gasteiger partial charge in [0, 0.05) is 17.6 Å². The molecule has 1 fully saturated rings. The van der Waals surface area contributed by atoms with Gasteiger partial charge in [-0.3, -0.25) is 10.2 Å². The normalized spacial score (nSPS) is 13.0. The van der Waals surface area contributed by atoms with E-state index in [-0.39, 0.29) is 12.3 Å². The lowest BCUT2D eigenvalue weighted by atomic mass is 10.1. The predicted octanol–water partition coefficient (Wildman–Crippen LogP) is 6.24. The van der Waals surface area contributed by atoms with Crippen LogP contribution in [0.3, 0.4) is 0 Å². The van der Waals surface area contributed by atoms with Gasteiger partial charge in [0.25, 0.3) is 0 Å². The van der Waals surface area contributed by atoms with Crippen LogP contribution in [0.5, 0.6) is 11.5 Å². The summed E-state index contributed by atoms with van der Waals surface area (Å²) in [5.74, 6) is 0.981. The number of methoxy groups -OCH3 is 2. The molecular formula is C29H31BrN4O3. The summed E-state index contributed by atoms with van der Waals surface area (Å²) >= 11 is 3.53. The number of nitrogens with zero attached hydrogens (tertiary/aromatic N) is 3. The van der Waals surface area contributed by atoms with Crippen LogP contribution in [0.25, 0.3) is 0 Å². The predicted molar refractivity (Wildman–Crippen MR) is 150 cm³/mol. The van der Waals surface area contributed by atoms with Gasteiger partial charge in [-0.1, -0.05) is 28.1 Å². The van der Waals surface area contributed by atoms with E-state index in [2.05, 4.69) is 57.4 Å². The van der Waals surface area contributed by atoms with Crippen molar-refractivity contribution in [2.45, 2.75) is 32.6 Å². The number of piperidine rings is 1. The smallest absolute Gasteiger partial charge is 0.250 e. The molecular weight excluding hydrogens is 532 g/mol. The zero-order valence-corrected chi connectivity index (χ0v) is 23.0. The molecule has 1 aliphatic heterocycles. The number of hydrogen-bond acceptors (Lipinski definition) is 6. The molecule has 3 aromatic carbocycles. The second kappa shape index (κ2) is 12.0. The average molecular weight is 563 g/mol.